The number of carbonyl (C=O) groups is 1. The van der Waals surface area contributed by atoms with Crippen LogP contribution in [0.1, 0.15) is 26.4 Å². The molecule has 0 atom stereocenters. The Morgan fingerprint density at radius 2 is 1.50 bits per heavy atom. The third-order valence-electron chi connectivity index (χ3n) is 4.88. The minimum Gasteiger partial charge on any atom is -0.336 e. The molecule has 0 N–H and O–H groups in total. The molecular formula is C24H22N2OS. The normalized spacial score (nSPS) is 14.4. The average molecular weight is 387 g/mol. The van der Waals surface area contributed by atoms with Crippen molar-refractivity contribution in [2.75, 3.05) is 26.2 Å². The van der Waals surface area contributed by atoms with Gasteiger partial charge in [-0.05, 0) is 47.8 Å². The van der Waals surface area contributed by atoms with E-state index in [-0.39, 0.29) is 5.91 Å². The summed E-state index contributed by atoms with van der Waals surface area (Å²) in [6.45, 7) is 4.38. The Kier molecular flexibility index (Phi) is 5.86. The van der Waals surface area contributed by atoms with Gasteiger partial charge in [0.05, 0.1) is 0 Å². The van der Waals surface area contributed by atoms with Crippen LogP contribution in [0.4, 0.5) is 0 Å². The van der Waals surface area contributed by atoms with E-state index in [0.29, 0.717) is 0 Å². The van der Waals surface area contributed by atoms with Crippen LogP contribution < -0.4 is 0 Å². The fourth-order valence-corrected chi connectivity index (χ4v) is 4.02. The summed E-state index contributed by atoms with van der Waals surface area (Å²) in [5, 5.41) is 2.11. The predicted octanol–water partition coefficient (Wildman–Crippen LogP) is 4.11. The molecule has 1 aliphatic rings. The molecule has 1 aliphatic heterocycles. The van der Waals surface area contributed by atoms with E-state index in [0.717, 1.165) is 49.4 Å². The minimum atomic E-state index is 0.110. The Labute approximate surface area is 170 Å². The number of rotatable bonds is 3. The van der Waals surface area contributed by atoms with Gasteiger partial charge in [-0.2, -0.15) is 0 Å². The SMILES string of the molecule is O=C(c1ccc(C#Cc2ccccc2)cc1)N1CCN(Cc2cccs2)CC1. The highest BCUT2D eigenvalue weighted by molar-refractivity contribution is 7.09. The minimum absolute atomic E-state index is 0.110. The zero-order valence-electron chi connectivity index (χ0n) is 15.7. The Hall–Kier alpha value is -2.87. The number of carbonyl (C=O) groups excluding carboxylic acids is 1. The lowest BCUT2D eigenvalue weighted by Crippen LogP contribution is -2.48. The molecule has 0 aliphatic carbocycles. The summed E-state index contributed by atoms with van der Waals surface area (Å²) in [7, 11) is 0. The molecular weight excluding hydrogens is 364 g/mol. The molecule has 4 heteroatoms. The highest BCUT2D eigenvalue weighted by Gasteiger charge is 2.22. The summed E-state index contributed by atoms with van der Waals surface area (Å²) in [6, 6.07) is 21.8. The largest absolute Gasteiger partial charge is 0.336 e. The van der Waals surface area contributed by atoms with E-state index >= 15 is 0 Å². The summed E-state index contributed by atoms with van der Waals surface area (Å²) >= 11 is 1.79. The van der Waals surface area contributed by atoms with Gasteiger partial charge in [0.15, 0.2) is 0 Å². The molecule has 2 heterocycles. The lowest BCUT2D eigenvalue weighted by atomic mass is 10.1. The van der Waals surface area contributed by atoms with Gasteiger partial charge >= 0.3 is 0 Å². The van der Waals surface area contributed by atoms with Gasteiger partial charge in [0.1, 0.15) is 0 Å². The quantitative estimate of drug-likeness (QED) is 0.633. The third kappa shape index (κ3) is 4.69. The zero-order chi connectivity index (χ0) is 19.2. The molecule has 1 amide bonds. The van der Waals surface area contributed by atoms with Crippen LogP contribution in [0, 0.1) is 11.8 Å². The highest BCUT2D eigenvalue weighted by atomic mass is 32.1. The zero-order valence-corrected chi connectivity index (χ0v) is 16.5. The van der Waals surface area contributed by atoms with Crippen molar-refractivity contribution in [2.24, 2.45) is 0 Å². The second-order valence-corrected chi connectivity index (χ2v) is 7.87. The molecule has 1 fully saturated rings. The first-order valence-corrected chi connectivity index (χ1v) is 10.4. The number of nitrogens with zero attached hydrogens (tertiary/aromatic N) is 2. The summed E-state index contributed by atoms with van der Waals surface area (Å²) in [4.78, 5) is 18.5. The molecule has 0 bridgehead atoms. The Morgan fingerprint density at radius 3 is 2.14 bits per heavy atom. The Morgan fingerprint density at radius 1 is 0.821 bits per heavy atom. The Balaban J connectivity index is 1.33. The number of hydrogen-bond donors (Lipinski definition) is 0. The Bertz CT molecular complexity index is 961. The first kappa shape index (κ1) is 18.5. The molecule has 3 nitrogen and oxygen atoms in total. The fourth-order valence-electron chi connectivity index (χ4n) is 3.28. The van der Waals surface area contributed by atoms with Gasteiger partial charge in [0.2, 0.25) is 0 Å². The van der Waals surface area contributed by atoms with Crippen LogP contribution in [0.25, 0.3) is 0 Å². The van der Waals surface area contributed by atoms with Gasteiger partial charge in [0.25, 0.3) is 5.91 Å². The maximum atomic E-state index is 12.8. The van der Waals surface area contributed by atoms with Crippen LogP contribution in [-0.2, 0) is 6.54 Å². The lowest BCUT2D eigenvalue weighted by molar-refractivity contribution is 0.0629. The topological polar surface area (TPSA) is 23.6 Å². The van der Waals surface area contributed by atoms with Gasteiger partial charge in [-0.15, -0.1) is 11.3 Å². The first-order chi connectivity index (χ1) is 13.8. The summed E-state index contributed by atoms with van der Waals surface area (Å²) in [5.74, 6) is 6.41. The van der Waals surface area contributed by atoms with Gasteiger partial charge in [-0.3, -0.25) is 9.69 Å². The number of amides is 1. The molecule has 0 unspecified atom stereocenters. The van der Waals surface area contributed by atoms with Crippen molar-refractivity contribution >= 4 is 17.2 Å². The van der Waals surface area contributed by atoms with Gasteiger partial charge in [-0.25, -0.2) is 0 Å². The second-order valence-electron chi connectivity index (χ2n) is 6.84. The molecule has 4 rings (SSSR count). The van der Waals surface area contributed by atoms with Crippen LogP contribution in [0.5, 0.6) is 0 Å². The summed E-state index contributed by atoms with van der Waals surface area (Å²) in [5.41, 5.74) is 2.64. The van der Waals surface area contributed by atoms with E-state index in [9.17, 15) is 4.79 Å². The van der Waals surface area contributed by atoms with E-state index < -0.39 is 0 Å². The second kappa shape index (κ2) is 8.88. The van der Waals surface area contributed by atoms with Crippen molar-refractivity contribution in [2.45, 2.75) is 6.54 Å². The molecule has 0 spiro atoms. The number of benzene rings is 2. The van der Waals surface area contributed by atoms with Crippen LogP contribution in [-0.4, -0.2) is 41.9 Å². The van der Waals surface area contributed by atoms with Crippen LogP contribution >= 0.6 is 11.3 Å². The predicted molar refractivity (Wildman–Crippen MR) is 114 cm³/mol. The molecule has 140 valence electrons. The van der Waals surface area contributed by atoms with Crippen molar-refractivity contribution in [3.63, 3.8) is 0 Å². The maximum Gasteiger partial charge on any atom is 0.253 e. The average Bonchev–Trinajstić information content (AvgIpc) is 3.26. The molecule has 1 aromatic heterocycles. The van der Waals surface area contributed by atoms with E-state index in [1.54, 1.807) is 11.3 Å². The van der Waals surface area contributed by atoms with Gasteiger partial charge < -0.3 is 4.90 Å². The number of thiophene rings is 1. The molecule has 0 saturated carbocycles. The summed E-state index contributed by atoms with van der Waals surface area (Å²) in [6.07, 6.45) is 0. The van der Waals surface area contributed by atoms with Crippen molar-refractivity contribution in [1.29, 1.82) is 0 Å². The van der Waals surface area contributed by atoms with Crippen LogP contribution in [0.2, 0.25) is 0 Å². The number of piperazine rings is 1. The molecule has 3 aromatic rings. The van der Waals surface area contributed by atoms with E-state index in [2.05, 4.69) is 34.3 Å². The maximum absolute atomic E-state index is 12.8. The molecule has 0 radical (unpaired) electrons. The van der Waals surface area contributed by atoms with Crippen molar-refractivity contribution in [1.82, 2.24) is 9.80 Å². The van der Waals surface area contributed by atoms with Crippen molar-refractivity contribution < 1.29 is 4.79 Å². The van der Waals surface area contributed by atoms with Crippen LogP contribution in [0.3, 0.4) is 0 Å². The molecule has 2 aromatic carbocycles. The third-order valence-corrected chi connectivity index (χ3v) is 5.74. The molecule has 28 heavy (non-hydrogen) atoms. The summed E-state index contributed by atoms with van der Waals surface area (Å²) < 4.78 is 0. The number of hydrogen-bond acceptors (Lipinski definition) is 3. The van der Waals surface area contributed by atoms with Gasteiger partial charge in [0, 0.05) is 54.3 Å². The van der Waals surface area contributed by atoms with E-state index in [1.807, 2.05) is 59.5 Å². The monoisotopic (exact) mass is 386 g/mol. The van der Waals surface area contributed by atoms with Crippen molar-refractivity contribution in [3.8, 4) is 11.8 Å². The van der Waals surface area contributed by atoms with Crippen LogP contribution in [0.15, 0.2) is 72.1 Å². The van der Waals surface area contributed by atoms with E-state index in [1.165, 1.54) is 4.88 Å². The fraction of sp³-hybridized carbons (Fsp3) is 0.208. The lowest BCUT2D eigenvalue weighted by Gasteiger charge is -2.34. The van der Waals surface area contributed by atoms with Gasteiger partial charge in [-0.1, -0.05) is 36.1 Å². The smallest absolute Gasteiger partial charge is 0.253 e. The highest BCUT2D eigenvalue weighted by Crippen LogP contribution is 2.15. The van der Waals surface area contributed by atoms with E-state index in [4.69, 9.17) is 0 Å². The standard InChI is InChI=1S/C24H22N2OS/c27-24(26-16-14-25(15-17-26)19-23-7-4-18-28-23)22-12-10-21(11-13-22)9-8-20-5-2-1-3-6-20/h1-7,10-13,18H,14-17,19H2. The van der Waals surface area contributed by atoms with Crippen molar-refractivity contribution in [3.05, 3.63) is 93.7 Å². The molecule has 1 saturated heterocycles. The first-order valence-electron chi connectivity index (χ1n) is 9.49.